The number of halogens is 1. The minimum absolute atomic E-state index is 0.236. The Morgan fingerprint density at radius 3 is 2.29 bits per heavy atom. The first-order valence-electron chi connectivity index (χ1n) is 6.83. The van der Waals surface area contributed by atoms with Gasteiger partial charge in [-0.2, -0.15) is 0 Å². The second-order valence-corrected chi connectivity index (χ2v) is 5.11. The maximum Gasteiger partial charge on any atom is 0.123 e. The lowest BCUT2D eigenvalue weighted by molar-refractivity contribution is 0.124. The maximum absolute atomic E-state index is 12.9. The first-order chi connectivity index (χ1) is 10.1. The highest BCUT2D eigenvalue weighted by atomic mass is 19.1. The van der Waals surface area contributed by atoms with E-state index in [0.717, 1.165) is 16.9 Å². The van der Waals surface area contributed by atoms with Crippen LogP contribution >= 0.6 is 0 Å². The number of benzene rings is 2. The first kappa shape index (κ1) is 15.5. The van der Waals surface area contributed by atoms with Crippen molar-refractivity contribution in [3.63, 3.8) is 0 Å². The molecule has 1 N–H and O–H groups in total. The largest absolute Gasteiger partial charge is 0.497 e. The smallest absolute Gasteiger partial charge is 0.123 e. The minimum Gasteiger partial charge on any atom is -0.497 e. The lowest BCUT2D eigenvalue weighted by atomic mass is 10.1. The molecule has 0 bridgehead atoms. The summed E-state index contributed by atoms with van der Waals surface area (Å²) in [6, 6.07) is 13.8. The van der Waals surface area contributed by atoms with Crippen molar-refractivity contribution in [1.82, 2.24) is 4.90 Å². The highest BCUT2D eigenvalue weighted by Crippen LogP contribution is 2.18. The monoisotopic (exact) mass is 289 g/mol. The molecule has 0 fully saturated rings. The molecule has 4 heteroatoms. The van der Waals surface area contributed by atoms with Crippen LogP contribution in [0.2, 0.25) is 0 Å². The fraction of sp³-hybridized carbons (Fsp3) is 0.294. The summed E-state index contributed by atoms with van der Waals surface area (Å²) < 4.78 is 17.9. The van der Waals surface area contributed by atoms with E-state index in [2.05, 4.69) is 0 Å². The van der Waals surface area contributed by atoms with E-state index in [1.54, 1.807) is 19.2 Å². The Morgan fingerprint density at radius 2 is 1.71 bits per heavy atom. The molecule has 0 saturated heterocycles. The van der Waals surface area contributed by atoms with Crippen LogP contribution in [0.5, 0.6) is 5.75 Å². The fourth-order valence-corrected chi connectivity index (χ4v) is 2.19. The number of aliphatic hydroxyl groups excluding tert-OH is 1. The predicted molar refractivity (Wildman–Crippen MR) is 80.7 cm³/mol. The maximum atomic E-state index is 12.9. The first-order valence-corrected chi connectivity index (χ1v) is 6.83. The van der Waals surface area contributed by atoms with Crippen LogP contribution in [0.1, 0.15) is 17.2 Å². The van der Waals surface area contributed by atoms with Gasteiger partial charge >= 0.3 is 0 Å². The Bertz CT molecular complexity index is 554. The number of rotatable bonds is 6. The number of nitrogens with zero attached hydrogens (tertiary/aromatic N) is 1. The molecule has 0 amide bonds. The summed E-state index contributed by atoms with van der Waals surface area (Å²) in [7, 11) is 3.54. The van der Waals surface area contributed by atoms with Gasteiger partial charge in [0, 0.05) is 13.1 Å². The normalized spacial score (nSPS) is 12.4. The van der Waals surface area contributed by atoms with Crippen LogP contribution in [-0.2, 0) is 6.54 Å². The standard InChI is InChI=1S/C17H20FNO2/c1-19(11-13-3-7-15(18)8-4-13)12-17(20)14-5-9-16(21-2)10-6-14/h3-10,17,20H,11-12H2,1-2H3. The van der Waals surface area contributed by atoms with Gasteiger partial charge < -0.3 is 9.84 Å². The van der Waals surface area contributed by atoms with Crippen molar-refractivity contribution >= 4 is 0 Å². The van der Waals surface area contributed by atoms with Crippen LogP contribution in [0, 0.1) is 5.82 Å². The van der Waals surface area contributed by atoms with Crippen LogP contribution in [0.3, 0.4) is 0 Å². The number of aliphatic hydroxyl groups is 1. The Labute approximate surface area is 124 Å². The van der Waals surface area contributed by atoms with E-state index in [4.69, 9.17) is 4.74 Å². The lowest BCUT2D eigenvalue weighted by Gasteiger charge is -2.21. The number of likely N-dealkylation sites (N-methyl/N-ethyl adjacent to an activating group) is 1. The van der Waals surface area contributed by atoms with Crippen LogP contribution in [0.4, 0.5) is 4.39 Å². The topological polar surface area (TPSA) is 32.7 Å². The summed E-state index contributed by atoms with van der Waals surface area (Å²) in [5.74, 6) is 0.533. The zero-order valence-electron chi connectivity index (χ0n) is 12.3. The Kier molecular flexibility index (Phi) is 5.31. The van der Waals surface area contributed by atoms with Gasteiger partial charge in [0.25, 0.3) is 0 Å². The van der Waals surface area contributed by atoms with Crippen molar-refractivity contribution in [1.29, 1.82) is 0 Å². The van der Waals surface area contributed by atoms with Crippen molar-refractivity contribution in [3.05, 3.63) is 65.5 Å². The lowest BCUT2D eigenvalue weighted by Crippen LogP contribution is -2.24. The molecule has 0 aliphatic carbocycles. The third-order valence-corrected chi connectivity index (χ3v) is 3.35. The average molecular weight is 289 g/mol. The molecule has 0 spiro atoms. The van der Waals surface area contributed by atoms with Crippen molar-refractivity contribution in [3.8, 4) is 5.75 Å². The summed E-state index contributed by atoms with van der Waals surface area (Å²) in [5.41, 5.74) is 1.86. The van der Waals surface area contributed by atoms with Gasteiger partial charge in [0.15, 0.2) is 0 Å². The summed E-state index contributed by atoms with van der Waals surface area (Å²) in [6.07, 6.45) is -0.568. The van der Waals surface area contributed by atoms with Gasteiger partial charge in [-0.05, 0) is 42.4 Å². The number of hydrogen-bond acceptors (Lipinski definition) is 3. The van der Waals surface area contributed by atoms with Crippen LogP contribution in [0.25, 0.3) is 0 Å². The average Bonchev–Trinajstić information content (AvgIpc) is 2.49. The fourth-order valence-electron chi connectivity index (χ4n) is 2.19. The van der Waals surface area contributed by atoms with Crippen molar-refractivity contribution in [2.45, 2.75) is 12.6 Å². The van der Waals surface area contributed by atoms with Gasteiger partial charge in [0.2, 0.25) is 0 Å². The molecule has 0 aliphatic rings. The highest BCUT2D eigenvalue weighted by Gasteiger charge is 2.11. The van der Waals surface area contributed by atoms with E-state index in [9.17, 15) is 9.50 Å². The third-order valence-electron chi connectivity index (χ3n) is 3.35. The van der Waals surface area contributed by atoms with Gasteiger partial charge in [-0.15, -0.1) is 0 Å². The summed E-state index contributed by atoms with van der Waals surface area (Å²) in [4.78, 5) is 2.00. The molecule has 0 aliphatic heterocycles. The minimum atomic E-state index is -0.568. The van der Waals surface area contributed by atoms with Crippen molar-refractivity contribution in [2.75, 3.05) is 20.7 Å². The molecule has 2 aromatic rings. The Balaban J connectivity index is 1.91. The van der Waals surface area contributed by atoms with E-state index in [1.165, 1.54) is 12.1 Å². The van der Waals surface area contributed by atoms with Crippen LogP contribution < -0.4 is 4.74 Å². The molecule has 2 rings (SSSR count). The molecule has 21 heavy (non-hydrogen) atoms. The molecular weight excluding hydrogens is 269 g/mol. The SMILES string of the molecule is COc1ccc(C(O)CN(C)Cc2ccc(F)cc2)cc1. The molecular formula is C17H20FNO2. The van der Waals surface area contributed by atoms with E-state index in [-0.39, 0.29) is 5.82 Å². The summed E-state index contributed by atoms with van der Waals surface area (Å²) in [6.45, 7) is 1.16. The van der Waals surface area contributed by atoms with E-state index in [0.29, 0.717) is 13.1 Å². The van der Waals surface area contributed by atoms with Gasteiger partial charge in [-0.25, -0.2) is 4.39 Å². The quantitative estimate of drug-likeness (QED) is 0.887. The number of ether oxygens (including phenoxy) is 1. The third kappa shape index (κ3) is 4.55. The zero-order chi connectivity index (χ0) is 15.2. The van der Waals surface area contributed by atoms with Gasteiger partial charge in [-0.3, -0.25) is 4.90 Å². The second-order valence-electron chi connectivity index (χ2n) is 5.11. The molecule has 2 aromatic carbocycles. The molecule has 0 saturated carbocycles. The molecule has 0 aromatic heterocycles. The molecule has 112 valence electrons. The van der Waals surface area contributed by atoms with E-state index >= 15 is 0 Å². The van der Waals surface area contributed by atoms with E-state index < -0.39 is 6.10 Å². The van der Waals surface area contributed by atoms with Crippen LogP contribution in [-0.4, -0.2) is 30.7 Å². The molecule has 0 heterocycles. The highest BCUT2D eigenvalue weighted by molar-refractivity contribution is 5.28. The molecule has 0 radical (unpaired) electrons. The second kappa shape index (κ2) is 7.20. The summed E-state index contributed by atoms with van der Waals surface area (Å²) in [5, 5.41) is 10.2. The van der Waals surface area contributed by atoms with Gasteiger partial charge in [0.05, 0.1) is 13.2 Å². The zero-order valence-corrected chi connectivity index (χ0v) is 12.3. The number of hydrogen-bond donors (Lipinski definition) is 1. The van der Waals surface area contributed by atoms with Crippen molar-refractivity contribution in [2.24, 2.45) is 0 Å². The summed E-state index contributed by atoms with van der Waals surface area (Å²) >= 11 is 0. The van der Waals surface area contributed by atoms with Gasteiger partial charge in [0.1, 0.15) is 11.6 Å². The molecule has 1 atom stereocenters. The predicted octanol–water partition coefficient (Wildman–Crippen LogP) is 3.00. The molecule has 3 nitrogen and oxygen atoms in total. The van der Waals surface area contributed by atoms with Gasteiger partial charge in [-0.1, -0.05) is 24.3 Å². The van der Waals surface area contributed by atoms with E-state index in [1.807, 2.05) is 36.2 Å². The Hall–Kier alpha value is -1.91. The Morgan fingerprint density at radius 1 is 1.10 bits per heavy atom. The number of methoxy groups -OCH3 is 1. The molecule has 1 unspecified atom stereocenters. The van der Waals surface area contributed by atoms with Crippen molar-refractivity contribution < 1.29 is 14.2 Å². The van der Waals surface area contributed by atoms with Crippen LogP contribution in [0.15, 0.2) is 48.5 Å².